The molecule has 0 amide bonds. The number of aryl methyl sites for hydroxylation is 2. The fraction of sp³-hybridized carbons (Fsp3) is 0.385. The van der Waals surface area contributed by atoms with Crippen LogP contribution in [0.4, 0.5) is 8.78 Å². The quantitative estimate of drug-likeness (QED) is 0.287. The van der Waals surface area contributed by atoms with Crippen LogP contribution in [-0.4, -0.2) is 26.1 Å². The summed E-state index contributed by atoms with van der Waals surface area (Å²) in [6.45, 7) is 6.74. The fourth-order valence-electron chi connectivity index (χ4n) is 4.74. The average molecular weight is 466 g/mol. The first-order chi connectivity index (χ1) is 16.3. The maximum absolute atomic E-state index is 14.6. The first-order valence-electron chi connectivity index (χ1n) is 11.6. The van der Waals surface area contributed by atoms with E-state index in [1.165, 1.54) is 18.2 Å². The summed E-state index contributed by atoms with van der Waals surface area (Å²) in [6.07, 6.45) is 4.03. The molecule has 34 heavy (non-hydrogen) atoms. The predicted octanol–water partition coefficient (Wildman–Crippen LogP) is 5.20. The highest BCUT2D eigenvalue weighted by Crippen LogP contribution is 2.44. The van der Waals surface area contributed by atoms with E-state index in [4.69, 9.17) is 4.74 Å². The third-order valence-electron chi connectivity index (χ3n) is 6.58. The van der Waals surface area contributed by atoms with Crippen LogP contribution in [0.2, 0.25) is 0 Å². The number of benzene rings is 1. The van der Waals surface area contributed by atoms with Crippen LogP contribution in [0, 0.1) is 18.6 Å². The number of aromatic nitrogens is 4. The van der Waals surface area contributed by atoms with Gasteiger partial charge in [-0.2, -0.15) is 10.2 Å². The summed E-state index contributed by atoms with van der Waals surface area (Å²) in [5, 5.41) is 12.7. The van der Waals surface area contributed by atoms with Crippen molar-refractivity contribution in [3.63, 3.8) is 0 Å². The summed E-state index contributed by atoms with van der Waals surface area (Å²) in [5.74, 6) is -1.05. The van der Waals surface area contributed by atoms with Crippen LogP contribution in [0.25, 0.3) is 16.6 Å². The normalized spacial score (nSPS) is 14.9. The van der Waals surface area contributed by atoms with E-state index < -0.39 is 11.6 Å². The molecule has 0 saturated heterocycles. The standard InChI is InChI=1S/C26H29F2N5O/c1-16(2)25-18(14-34-15-29-26(11-12-26)22-10-13-32(4)31-22)8-9-21-23(17(3)30-33(21)25)24-19(27)6-5-7-20(24)28/h5-10,13,16,29H,11-12,14-15H2,1-4H3. The second-order valence-corrected chi connectivity index (χ2v) is 9.38. The van der Waals surface area contributed by atoms with Gasteiger partial charge >= 0.3 is 0 Å². The Kier molecular flexibility index (Phi) is 5.73. The molecule has 0 atom stereocenters. The maximum Gasteiger partial charge on any atom is 0.134 e. The van der Waals surface area contributed by atoms with E-state index in [-0.39, 0.29) is 17.0 Å². The van der Waals surface area contributed by atoms with Gasteiger partial charge in [0.1, 0.15) is 11.6 Å². The molecule has 4 aromatic rings. The first-order valence-corrected chi connectivity index (χ1v) is 11.6. The molecule has 1 aliphatic carbocycles. The lowest BCUT2D eigenvalue weighted by Gasteiger charge is -2.18. The number of nitrogens with zero attached hydrogens (tertiary/aromatic N) is 4. The van der Waals surface area contributed by atoms with Gasteiger partial charge in [-0.05, 0) is 55.5 Å². The van der Waals surface area contributed by atoms with Gasteiger partial charge in [-0.25, -0.2) is 13.3 Å². The van der Waals surface area contributed by atoms with Crippen LogP contribution < -0.4 is 5.32 Å². The number of ether oxygens (including phenoxy) is 1. The lowest BCUT2D eigenvalue weighted by Crippen LogP contribution is -2.31. The number of nitrogens with one attached hydrogen (secondary N) is 1. The molecule has 0 unspecified atom stereocenters. The van der Waals surface area contributed by atoms with Gasteiger partial charge in [0, 0.05) is 18.8 Å². The van der Waals surface area contributed by atoms with Gasteiger partial charge in [0.15, 0.2) is 0 Å². The zero-order valence-corrected chi connectivity index (χ0v) is 19.9. The lowest BCUT2D eigenvalue weighted by atomic mass is 10.0. The first kappa shape index (κ1) is 22.7. The Hall–Kier alpha value is -3.10. The van der Waals surface area contributed by atoms with Crippen LogP contribution in [0.3, 0.4) is 0 Å². The largest absolute Gasteiger partial charge is 0.362 e. The molecule has 6 nitrogen and oxygen atoms in total. The highest BCUT2D eigenvalue weighted by Gasteiger charge is 2.45. The smallest absolute Gasteiger partial charge is 0.134 e. The fourth-order valence-corrected chi connectivity index (χ4v) is 4.74. The molecule has 0 aliphatic heterocycles. The van der Waals surface area contributed by atoms with Crippen LogP contribution >= 0.6 is 0 Å². The van der Waals surface area contributed by atoms with E-state index in [1.807, 2.05) is 40.6 Å². The van der Waals surface area contributed by atoms with Gasteiger partial charge < -0.3 is 4.74 Å². The van der Waals surface area contributed by atoms with Gasteiger partial charge in [-0.15, -0.1) is 0 Å². The van der Waals surface area contributed by atoms with Crippen molar-refractivity contribution in [3.05, 3.63) is 76.9 Å². The van der Waals surface area contributed by atoms with Crippen molar-refractivity contribution in [1.82, 2.24) is 24.7 Å². The van der Waals surface area contributed by atoms with E-state index in [0.717, 1.165) is 29.8 Å². The summed E-state index contributed by atoms with van der Waals surface area (Å²) in [5.41, 5.74) is 4.62. The number of fused-ring (bicyclic) bond motifs is 1. The molecule has 178 valence electrons. The van der Waals surface area contributed by atoms with Crippen molar-refractivity contribution in [3.8, 4) is 11.1 Å². The number of hydrogen-bond acceptors (Lipinski definition) is 4. The molecule has 0 spiro atoms. The Morgan fingerprint density at radius 1 is 1.06 bits per heavy atom. The average Bonchev–Trinajstić information content (AvgIpc) is 3.33. The summed E-state index contributed by atoms with van der Waals surface area (Å²) >= 11 is 0. The monoisotopic (exact) mass is 465 g/mol. The highest BCUT2D eigenvalue weighted by atomic mass is 19.1. The van der Waals surface area contributed by atoms with Crippen LogP contribution in [0.1, 0.15) is 55.3 Å². The van der Waals surface area contributed by atoms with E-state index in [9.17, 15) is 8.78 Å². The van der Waals surface area contributed by atoms with Crippen molar-refractivity contribution in [1.29, 1.82) is 0 Å². The van der Waals surface area contributed by atoms with Crippen LogP contribution in [0.15, 0.2) is 42.6 Å². The van der Waals surface area contributed by atoms with Crippen LogP contribution in [0.5, 0.6) is 0 Å². The van der Waals surface area contributed by atoms with E-state index in [1.54, 1.807) is 6.92 Å². The summed E-state index contributed by atoms with van der Waals surface area (Å²) < 4.78 is 38.8. The van der Waals surface area contributed by atoms with Gasteiger partial charge in [0.25, 0.3) is 0 Å². The van der Waals surface area contributed by atoms with Crippen LogP contribution in [-0.2, 0) is 23.9 Å². The second kappa shape index (κ2) is 8.60. The van der Waals surface area contributed by atoms with E-state index in [2.05, 4.69) is 29.4 Å². The molecule has 0 bridgehead atoms. The summed E-state index contributed by atoms with van der Waals surface area (Å²) in [4.78, 5) is 0. The third kappa shape index (κ3) is 3.91. The van der Waals surface area contributed by atoms with E-state index >= 15 is 0 Å². The molecule has 1 aromatic carbocycles. The Labute approximate surface area is 197 Å². The second-order valence-electron chi connectivity index (χ2n) is 9.38. The van der Waals surface area contributed by atoms with Crippen molar-refractivity contribution >= 4 is 5.52 Å². The van der Waals surface area contributed by atoms with Crippen molar-refractivity contribution < 1.29 is 13.5 Å². The minimum Gasteiger partial charge on any atom is -0.362 e. The van der Waals surface area contributed by atoms with Gasteiger partial charge in [0.2, 0.25) is 0 Å². The number of rotatable bonds is 8. The molecule has 3 aromatic heterocycles. The molecule has 1 fully saturated rings. The molecular formula is C26H29F2N5O. The van der Waals surface area contributed by atoms with Gasteiger partial charge in [-0.3, -0.25) is 10.00 Å². The third-order valence-corrected chi connectivity index (χ3v) is 6.58. The van der Waals surface area contributed by atoms with Crippen molar-refractivity contribution in [2.45, 2.75) is 51.7 Å². The number of pyridine rings is 1. The van der Waals surface area contributed by atoms with E-state index in [0.29, 0.717) is 30.1 Å². The summed E-state index contributed by atoms with van der Waals surface area (Å²) in [6, 6.07) is 9.81. The minimum absolute atomic E-state index is 0.0397. The zero-order chi connectivity index (χ0) is 24.0. The van der Waals surface area contributed by atoms with Gasteiger partial charge in [-0.1, -0.05) is 26.0 Å². The topological polar surface area (TPSA) is 56.4 Å². The molecule has 5 rings (SSSR count). The Morgan fingerprint density at radius 2 is 1.79 bits per heavy atom. The maximum atomic E-state index is 14.6. The molecule has 8 heteroatoms. The number of hydrogen-bond donors (Lipinski definition) is 1. The van der Waals surface area contributed by atoms with Gasteiger partial charge in [0.05, 0.1) is 47.0 Å². The molecule has 3 heterocycles. The SMILES string of the molecule is Cc1nn2c(C(C)C)c(COCNC3(c4ccn(C)n4)CC3)ccc2c1-c1c(F)cccc1F. The molecule has 1 N–H and O–H groups in total. The minimum atomic E-state index is -0.593. The highest BCUT2D eigenvalue weighted by molar-refractivity contribution is 5.83. The number of halogens is 2. The molecule has 1 saturated carbocycles. The molecule has 1 aliphatic rings. The van der Waals surface area contributed by atoms with Crippen molar-refractivity contribution in [2.75, 3.05) is 6.73 Å². The molecule has 0 radical (unpaired) electrons. The zero-order valence-electron chi connectivity index (χ0n) is 19.9. The predicted molar refractivity (Wildman–Crippen MR) is 126 cm³/mol. The Bertz CT molecular complexity index is 1330. The molecular weight excluding hydrogens is 436 g/mol. The lowest BCUT2D eigenvalue weighted by molar-refractivity contribution is 0.0907. The Morgan fingerprint density at radius 3 is 2.41 bits per heavy atom. The summed E-state index contributed by atoms with van der Waals surface area (Å²) in [7, 11) is 1.92. The Balaban J connectivity index is 1.40. The van der Waals surface area contributed by atoms with Crippen molar-refractivity contribution in [2.24, 2.45) is 7.05 Å².